The molecule has 0 radical (unpaired) electrons. The first-order valence-electron chi connectivity index (χ1n) is 10.7. The average Bonchev–Trinajstić information content (AvgIpc) is 3.06. The molecule has 4 amide bonds. The lowest BCUT2D eigenvalue weighted by Crippen LogP contribution is -2.47. The quantitative estimate of drug-likeness (QED) is 0.167. The third kappa shape index (κ3) is 7.33. The molecule has 34 heavy (non-hydrogen) atoms. The van der Waals surface area contributed by atoms with Gasteiger partial charge in [-0.1, -0.05) is 6.07 Å². The number of fused-ring (bicyclic) bond motifs is 1. The van der Waals surface area contributed by atoms with Crippen LogP contribution in [0.15, 0.2) is 18.2 Å². The minimum absolute atomic E-state index is 0.00256. The maximum absolute atomic E-state index is 12.9. The summed E-state index contributed by atoms with van der Waals surface area (Å²) in [5.74, 6) is -2.26. The highest BCUT2D eigenvalue weighted by Gasteiger charge is 2.43. The third-order valence-electron chi connectivity index (χ3n) is 4.81. The van der Waals surface area contributed by atoms with Crippen molar-refractivity contribution >= 4 is 29.9 Å². The maximum atomic E-state index is 12.9. The molecule has 0 aliphatic carbocycles. The van der Waals surface area contributed by atoms with Crippen LogP contribution in [0.2, 0.25) is 0 Å². The first-order valence-corrected chi connectivity index (χ1v) is 10.7. The van der Waals surface area contributed by atoms with Crippen LogP contribution in [0.5, 0.6) is 5.75 Å². The van der Waals surface area contributed by atoms with Crippen molar-refractivity contribution in [2.75, 3.05) is 53.3 Å². The summed E-state index contributed by atoms with van der Waals surface area (Å²) < 4.78 is 21.1. The van der Waals surface area contributed by atoms with Gasteiger partial charge in [-0.25, -0.2) is 0 Å². The van der Waals surface area contributed by atoms with E-state index < -0.39 is 23.8 Å². The molecule has 1 atom stereocenters. The molecule has 0 fully saturated rings. The van der Waals surface area contributed by atoms with E-state index in [1.807, 2.05) is 0 Å². The van der Waals surface area contributed by atoms with Gasteiger partial charge in [0.25, 0.3) is 11.8 Å². The number of rotatable bonds is 17. The molecule has 0 spiro atoms. The molecule has 12 heteroatoms. The summed E-state index contributed by atoms with van der Waals surface area (Å²) in [7, 11) is 1.44. The van der Waals surface area contributed by atoms with Crippen molar-refractivity contribution in [3.8, 4) is 5.75 Å². The zero-order valence-electron chi connectivity index (χ0n) is 18.9. The number of methoxy groups -OCH3 is 1. The van der Waals surface area contributed by atoms with Crippen molar-refractivity contribution in [2.24, 2.45) is 5.73 Å². The molecular weight excluding hydrogens is 450 g/mol. The van der Waals surface area contributed by atoms with Crippen LogP contribution in [0.25, 0.3) is 0 Å². The van der Waals surface area contributed by atoms with E-state index in [0.717, 1.165) is 4.90 Å². The van der Waals surface area contributed by atoms with Crippen LogP contribution < -0.4 is 15.8 Å². The zero-order chi connectivity index (χ0) is 24.9. The van der Waals surface area contributed by atoms with Crippen molar-refractivity contribution in [1.29, 1.82) is 0 Å². The summed E-state index contributed by atoms with van der Waals surface area (Å²) in [4.78, 5) is 60.1. The van der Waals surface area contributed by atoms with Crippen LogP contribution >= 0.6 is 0 Å². The van der Waals surface area contributed by atoms with Crippen LogP contribution in [-0.4, -0.2) is 94.2 Å². The fourth-order valence-corrected chi connectivity index (χ4v) is 3.28. The van der Waals surface area contributed by atoms with Gasteiger partial charge in [-0.05, 0) is 18.6 Å². The molecule has 12 nitrogen and oxygen atoms in total. The van der Waals surface area contributed by atoms with E-state index in [9.17, 15) is 24.0 Å². The molecule has 0 saturated carbocycles. The molecule has 1 aromatic rings. The molecule has 1 unspecified atom stereocenters. The standard InChI is InChI=1S/C22H29N3O9/c1-31-14-18(27)24-7-9-32-10-11-33-12-13-34-17-6-2-4-15-19(17)22(30)25(21(15)29)16(20(23)28)5-3-8-26/h2,4,6,8,16H,3,5,7,9-14H2,1H3,(H2,23,28)(H,24,27). The van der Waals surface area contributed by atoms with E-state index in [2.05, 4.69) is 5.32 Å². The predicted molar refractivity (Wildman–Crippen MR) is 117 cm³/mol. The van der Waals surface area contributed by atoms with Gasteiger partial charge < -0.3 is 34.8 Å². The highest BCUT2D eigenvalue weighted by molar-refractivity contribution is 6.24. The van der Waals surface area contributed by atoms with E-state index in [0.29, 0.717) is 32.7 Å². The van der Waals surface area contributed by atoms with Crippen molar-refractivity contribution < 1.29 is 42.9 Å². The summed E-state index contributed by atoms with van der Waals surface area (Å²) in [6.07, 6.45) is 0.526. The van der Waals surface area contributed by atoms with E-state index in [4.69, 9.17) is 24.7 Å². The number of primary amides is 1. The topological polar surface area (TPSA) is 164 Å². The number of aldehydes is 1. The second kappa shape index (κ2) is 14.0. The van der Waals surface area contributed by atoms with Gasteiger partial charge in [-0.2, -0.15) is 0 Å². The number of imide groups is 1. The minimum atomic E-state index is -1.22. The minimum Gasteiger partial charge on any atom is -0.490 e. The number of nitrogens with two attached hydrogens (primary N) is 1. The maximum Gasteiger partial charge on any atom is 0.266 e. The molecule has 3 N–H and O–H groups in total. The summed E-state index contributed by atoms with van der Waals surface area (Å²) in [5.41, 5.74) is 5.51. The Morgan fingerprint density at radius 3 is 2.47 bits per heavy atom. The highest BCUT2D eigenvalue weighted by atomic mass is 16.5. The molecule has 0 bridgehead atoms. The second-order valence-corrected chi connectivity index (χ2v) is 7.18. The lowest BCUT2D eigenvalue weighted by atomic mass is 10.1. The fourth-order valence-electron chi connectivity index (χ4n) is 3.28. The summed E-state index contributed by atoms with van der Waals surface area (Å²) >= 11 is 0. The predicted octanol–water partition coefficient (Wildman–Crippen LogP) is -0.710. The number of hydrogen-bond acceptors (Lipinski definition) is 9. The Balaban J connectivity index is 1.79. The van der Waals surface area contributed by atoms with Gasteiger partial charge in [-0.15, -0.1) is 0 Å². The van der Waals surface area contributed by atoms with Gasteiger partial charge in [0.2, 0.25) is 11.8 Å². The number of hydrogen-bond donors (Lipinski definition) is 2. The SMILES string of the molecule is COCC(=O)NCCOCCOCCOc1cccc2c1C(=O)N(C(CCC=O)C(N)=O)C2=O. The molecule has 1 aliphatic rings. The second-order valence-electron chi connectivity index (χ2n) is 7.18. The van der Waals surface area contributed by atoms with Crippen LogP contribution in [0, 0.1) is 0 Å². The third-order valence-corrected chi connectivity index (χ3v) is 4.81. The van der Waals surface area contributed by atoms with Crippen LogP contribution in [0.4, 0.5) is 0 Å². The number of nitrogens with one attached hydrogen (secondary N) is 1. The molecule has 1 heterocycles. The Hall–Kier alpha value is -3.35. The Morgan fingerprint density at radius 2 is 1.79 bits per heavy atom. The summed E-state index contributed by atoms with van der Waals surface area (Å²) in [5, 5.41) is 2.62. The van der Waals surface area contributed by atoms with Crippen LogP contribution in [0.1, 0.15) is 33.6 Å². The monoisotopic (exact) mass is 479 g/mol. The van der Waals surface area contributed by atoms with E-state index in [1.54, 1.807) is 12.1 Å². The van der Waals surface area contributed by atoms with Crippen molar-refractivity contribution in [1.82, 2.24) is 10.2 Å². The molecule has 186 valence electrons. The van der Waals surface area contributed by atoms with Crippen LogP contribution in [0.3, 0.4) is 0 Å². The normalized spacial score (nSPS) is 13.5. The van der Waals surface area contributed by atoms with Crippen LogP contribution in [-0.2, 0) is 28.6 Å². The number of benzene rings is 1. The summed E-state index contributed by atoms with van der Waals surface area (Å²) in [6, 6.07) is 3.35. The van der Waals surface area contributed by atoms with E-state index in [-0.39, 0.29) is 55.4 Å². The molecule has 0 saturated heterocycles. The zero-order valence-corrected chi connectivity index (χ0v) is 18.9. The van der Waals surface area contributed by atoms with Gasteiger partial charge in [-0.3, -0.25) is 24.1 Å². The van der Waals surface area contributed by atoms with Gasteiger partial charge in [0.15, 0.2) is 0 Å². The lowest BCUT2D eigenvalue weighted by molar-refractivity contribution is -0.125. The Kier molecular flexibility index (Phi) is 11.1. The smallest absolute Gasteiger partial charge is 0.266 e. The van der Waals surface area contributed by atoms with Gasteiger partial charge in [0.05, 0.1) is 37.6 Å². The Morgan fingerprint density at radius 1 is 1.09 bits per heavy atom. The molecule has 0 aromatic heterocycles. The molecule has 1 aromatic carbocycles. The first kappa shape index (κ1) is 26.9. The highest BCUT2D eigenvalue weighted by Crippen LogP contribution is 2.32. The van der Waals surface area contributed by atoms with Gasteiger partial charge in [0.1, 0.15) is 31.3 Å². The Labute approximate surface area is 196 Å². The Bertz CT molecular complexity index is 890. The number of carbonyl (C=O) groups excluding carboxylic acids is 5. The largest absolute Gasteiger partial charge is 0.490 e. The van der Waals surface area contributed by atoms with E-state index in [1.165, 1.54) is 13.2 Å². The van der Waals surface area contributed by atoms with Crippen molar-refractivity contribution in [2.45, 2.75) is 18.9 Å². The van der Waals surface area contributed by atoms with Crippen molar-refractivity contribution in [3.05, 3.63) is 29.3 Å². The number of amides is 4. The van der Waals surface area contributed by atoms with Crippen molar-refractivity contribution in [3.63, 3.8) is 0 Å². The summed E-state index contributed by atoms with van der Waals surface area (Å²) in [6.45, 7) is 1.61. The van der Waals surface area contributed by atoms with E-state index >= 15 is 0 Å². The fraction of sp³-hybridized carbons (Fsp3) is 0.500. The number of nitrogens with zero attached hydrogens (tertiary/aromatic N) is 1. The molecule has 1 aliphatic heterocycles. The van der Waals surface area contributed by atoms with Gasteiger partial charge >= 0.3 is 0 Å². The number of carbonyl (C=O) groups is 5. The first-order chi connectivity index (χ1) is 16.4. The molecular formula is C22H29N3O9. The van der Waals surface area contributed by atoms with Gasteiger partial charge in [0, 0.05) is 20.1 Å². The molecule has 2 rings (SSSR count). The average molecular weight is 479 g/mol. The lowest BCUT2D eigenvalue weighted by Gasteiger charge is -2.22. The number of ether oxygens (including phenoxy) is 4.